The van der Waals surface area contributed by atoms with Crippen molar-refractivity contribution in [2.45, 2.75) is 69.1 Å². The zero-order chi connectivity index (χ0) is 26.6. The van der Waals surface area contributed by atoms with E-state index < -0.39 is 11.9 Å². The van der Waals surface area contributed by atoms with Crippen LogP contribution in [0.1, 0.15) is 68.0 Å². The first kappa shape index (κ1) is 27.3. The van der Waals surface area contributed by atoms with E-state index in [0.29, 0.717) is 31.7 Å². The topological polar surface area (TPSA) is 88.8 Å². The van der Waals surface area contributed by atoms with Gasteiger partial charge in [0.05, 0.1) is 18.3 Å². The Hall–Kier alpha value is -2.76. The maximum absolute atomic E-state index is 13.6. The number of carbonyl (C=O) groups is 2. The molecule has 8 nitrogen and oxygen atoms in total. The third-order valence-electron chi connectivity index (χ3n) is 6.62. The highest BCUT2D eigenvalue weighted by molar-refractivity contribution is 7.98. The summed E-state index contributed by atoms with van der Waals surface area (Å²) < 4.78 is 51.5. The van der Waals surface area contributed by atoms with Gasteiger partial charge in [-0.1, -0.05) is 11.8 Å². The number of carbonyl (C=O) groups excluding carboxylic acids is 2. The van der Waals surface area contributed by atoms with E-state index in [4.69, 9.17) is 9.15 Å². The molecule has 4 heterocycles. The van der Waals surface area contributed by atoms with E-state index in [9.17, 15) is 22.8 Å². The average molecular weight is 541 g/mol. The molecule has 2 atom stereocenters. The fourth-order valence-electron chi connectivity index (χ4n) is 4.68. The first-order valence-electron chi connectivity index (χ1n) is 12.6. The van der Waals surface area contributed by atoms with Crippen molar-refractivity contribution in [3.63, 3.8) is 0 Å². The molecule has 2 aromatic rings. The number of amides is 1. The monoisotopic (exact) mass is 540 g/mol. The lowest BCUT2D eigenvalue weighted by atomic mass is 9.98. The van der Waals surface area contributed by atoms with E-state index >= 15 is 0 Å². The molecule has 2 aliphatic rings. The lowest BCUT2D eigenvalue weighted by Gasteiger charge is -2.34. The van der Waals surface area contributed by atoms with Gasteiger partial charge in [-0.2, -0.15) is 13.2 Å². The van der Waals surface area contributed by atoms with Crippen molar-refractivity contribution in [1.29, 1.82) is 0 Å². The number of anilines is 1. The number of likely N-dealkylation sites (tertiary alicyclic amines) is 1. The molecule has 0 aromatic carbocycles. The number of piperidine rings is 2. The summed E-state index contributed by atoms with van der Waals surface area (Å²) in [6.07, 6.45) is -0.405. The molecule has 2 saturated heterocycles. The Morgan fingerprint density at radius 3 is 2.70 bits per heavy atom. The number of rotatable bonds is 7. The van der Waals surface area contributed by atoms with Crippen molar-refractivity contribution in [3.05, 3.63) is 35.4 Å². The SMILES string of the molecule is CCOC(=O)C1CCCN(C(=O)c2ccc(CSc3nc(N4CCCCC4C)cc(C(F)(F)F)n3)o2)C1. The molecule has 2 fully saturated rings. The molecule has 2 unspecified atom stereocenters. The molecule has 4 rings (SSSR count). The molecular formula is C25H31F3N4O4S. The number of ether oxygens (including phenoxy) is 1. The van der Waals surface area contributed by atoms with Crippen LogP contribution < -0.4 is 4.90 Å². The predicted molar refractivity (Wildman–Crippen MR) is 131 cm³/mol. The standard InChI is InChI=1S/C25H31F3N4O4S/c1-3-35-23(34)17-8-6-11-31(14-17)22(33)19-10-9-18(36-19)15-37-24-29-20(25(26,27)28)13-21(30-24)32-12-5-4-7-16(32)2/h9-10,13,16-17H,3-8,11-12,14-15H2,1-2H3. The maximum atomic E-state index is 13.6. The van der Waals surface area contributed by atoms with Crippen LogP contribution in [0.2, 0.25) is 0 Å². The van der Waals surface area contributed by atoms with Crippen LogP contribution in [0.5, 0.6) is 0 Å². The lowest BCUT2D eigenvalue weighted by molar-refractivity contribution is -0.149. The summed E-state index contributed by atoms with van der Waals surface area (Å²) >= 11 is 1.02. The van der Waals surface area contributed by atoms with E-state index in [2.05, 4.69) is 9.97 Å². The molecule has 1 amide bonds. The Bertz CT molecular complexity index is 1110. The highest BCUT2D eigenvalue weighted by Crippen LogP contribution is 2.34. The third-order valence-corrected chi connectivity index (χ3v) is 7.49. The molecule has 0 bridgehead atoms. The second-order valence-electron chi connectivity index (χ2n) is 9.33. The van der Waals surface area contributed by atoms with Gasteiger partial charge in [0.25, 0.3) is 5.91 Å². The van der Waals surface area contributed by atoms with Crippen LogP contribution >= 0.6 is 11.8 Å². The number of furan rings is 1. The van der Waals surface area contributed by atoms with E-state index in [1.165, 1.54) is 0 Å². The first-order valence-corrected chi connectivity index (χ1v) is 13.5. The number of thioether (sulfide) groups is 1. The van der Waals surface area contributed by atoms with Gasteiger partial charge in [0, 0.05) is 31.7 Å². The summed E-state index contributed by atoms with van der Waals surface area (Å²) in [4.78, 5) is 36.6. The number of nitrogens with zero attached hydrogens (tertiary/aromatic N) is 4. The van der Waals surface area contributed by atoms with Crippen molar-refractivity contribution in [2.75, 3.05) is 31.1 Å². The second kappa shape index (κ2) is 11.7. The smallest absolute Gasteiger partial charge is 0.433 e. The summed E-state index contributed by atoms with van der Waals surface area (Å²) in [5.41, 5.74) is -0.977. The number of esters is 1. The minimum absolute atomic E-state index is 0.000170. The van der Waals surface area contributed by atoms with Crippen molar-refractivity contribution >= 4 is 29.5 Å². The molecule has 12 heteroatoms. The number of hydrogen-bond donors (Lipinski definition) is 0. The highest BCUT2D eigenvalue weighted by atomic mass is 32.2. The molecule has 202 valence electrons. The van der Waals surface area contributed by atoms with Crippen LogP contribution in [0, 0.1) is 5.92 Å². The summed E-state index contributed by atoms with van der Waals surface area (Å²) in [6, 6.07) is 4.27. The summed E-state index contributed by atoms with van der Waals surface area (Å²) in [7, 11) is 0. The van der Waals surface area contributed by atoms with Crippen LogP contribution in [0.25, 0.3) is 0 Å². The van der Waals surface area contributed by atoms with Gasteiger partial charge in [-0.3, -0.25) is 9.59 Å². The van der Waals surface area contributed by atoms with Crippen LogP contribution in [0.4, 0.5) is 19.0 Å². The van der Waals surface area contributed by atoms with Crippen LogP contribution in [0.15, 0.2) is 27.8 Å². The van der Waals surface area contributed by atoms with Crippen molar-refractivity contribution in [2.24, 2.45) is 5.92 Å². The third kappa shape index (κ3) is 6.77. The van der Waals surface area contributed by atoms with Gasteiger partial charge in [0.2, 0.25) is 0 Å². The van der Waals surface area contributed by atoms with E-state index in [0.717, 1.165) is 37.1 Å². The van der Waals surface area contributed by atoms with Crippen LogP contribution in [-0.2, 0) is 21.5 Å². The Balaban J connectivity index is 1.44. The molecule has 2 aromatic heterocycles. The first-order chi connectivity index (χ1) is 17.7. The average Bonchev–Trinajstić information content (AvgIpc) is 3.36. The van der Waals surface area contributed by atoms with Gasteiger partial charge in [-0.15, -0.1) is 0 Å². The fourth-order valence-corrected chi connectivity index (χ4v) is 5.43. The number of aromatic nitrogens is 2. The second-order valence-corrected chi connectivity index (χ2v) is 10.3. The molecule has 37 heavy (non-hydrogen) atoms. The number of halogens is 3. The fraction of sp³-hybridized carbons (Fsp3) is 0.600. The van der Waals surface area contributed by atoms with Crippen molar-refractivity contribution in [3.8, 4) is 0 Å². The summed E-state index contributed by atoms with van der Waals surface area (Å²) in [6.45, 7) is 5.44. The predicted octanol–water partition coefficient (Wildman–Crippen LogP) is 5.17. The molecule has 0 spiro atoms. The van der Waals surface area contributed by atoms with Crippen LogP contribution in [-0.4, -0.2) is 59.0 Å². The summed E-state index contributed by atoms with van der Waals surface area (Å²) in [5, 5.41) is 0.000170. The maximum Gasteiger partial charge on any atom is 0.433 e. The zero-order valence-electron chi connectivity index (χ0n) is 20.9. The number of hydrogen-bond acceptors (Lipinski definition) is 8. The van der Waals surface area contributed by atoms with Gasteiger partial charge in [-0.25, -0.2) is 9.97 Å². The molecule has 2 aliphatic heterocycles. The minimum atomic E-state index is -4.59. The van der Waals surface area contributed by atoms with Crippen molar-refractivity contribution < 1.29 is 31.9 Å². The Morgan fingerprint density at radius 2 is 1.97 bits per heavy atom. The minimum Gasteiger partial charge on any atom is -0.466 e. The molecule has 0 N–H and O–H groups in total. The zero-order valence-corrected chi connectivity index (χ0v) is 21.7. The Kier molecular flexibility index (Phi) is 8.66. The summed E-state index contributed by atoms with van der Waals surface area (Å²) in [5.74, 6) is -0.0345. The molecular weight excluding hydrogens is 509 g/mol. The Labute approximate surface area is 217 Å². The lowest BCUT2D eigenvalue weighted by Crippen LogP contribution is -2.42. The highest BCUT2D eigenvalue weighted by Gasteiger charge is 2.35. The van der Waals surface area contributed by atoms with E-state index in [1.54, 1.807) is 24.0 Å². The van der Waals surface area contributed by atoms with E-state index in [1.807, 2.05) is 11.8 Å². The number of alkyl halides is 3. The molecule has 0 aliphatic carbocycles. The van der Waals surface area contributed by atoms with Crippen LogP contribution in [0.3, 0.4) is 0 Å². The largest absolute Gasteiger partial charge is 0.466 e. The van der Waals surface area contributed by atoms with Gasteiger partial charge in [-0.05, 0) is 58.1 Å². The van der Waals surface area contributed by atoms with Gasteiger partial charge in [0.1, 0.15) is 11.6 Å². The Morgan fingerprint density at radius 1 is 1.16 bits per heavy atom. The van der Waals surface area contributed by atoms with Gasteiger partial charge >= 0.3 is 12.1 Å². The normalized spacial score (nSPS) is 20.7. The van der Waals surface area contributed by atoms with Crippen molar-refractivity contribution in [1.82, 2.24) is 14.9 Å². The quantitative estimate of drug-likeness (QED) is 0.270. The van der Waals surface area contributed by atoms with Gasteiger partial charge < -0.3 is 19.0 Å². The van der Waals surface area contributed by atoms with E-state index in [-0.39, 0.29) is 59.5 Å². The van der Waals surface area contributed by atoms with Gasteiger partial charge in [0.15, 0.2) is 16.6 Å². The molecule has 0 radical (unpaired) electrons. The molecule has 0 saturated carbocycles.